The van der Waals surface area contributed by atoms with Gasteiger partial charge in [0.05, 0.1) is 0 Å². The smallest absolute Gasteiger partial charge is 0.0209 e. The van der Waals surface area contributed by atoms with Crippen molar-refractivity contribution < 1.29 is 0 Å². The van der Waals surface area contributed by atoms with Crippen LogP contribution in [-0.2, 0) is 0 Å². The van der Waals surface area contributed by atoms with Crippen LogP contribution in [0.4, 0.5) is 0 Å². The normalized spacial score (nSPS) is 30.9. The highest BCUT2D eigenvalue weighted by Crippen LogP contribution is 2.34. The van der Waals surface area contributed by atoms with Crippen LogP contribution in [0, 0.1) is 5.92 Å². The Balaban J connectivity index is 1.70. The van der Waals surface area contributed by atoms with Gasteiger partial charge < -0.3 is 10.2 Å². The molecular weight excluding hydrogens is 172 g/mol. The van der Waals surface area contributed by atoms with E-state index in [1.807, 2.05) is 0 Å². The Morgan fingerprint density at radius 1 is 1.36 bits per heavy atom. The molecule has 0 aromatic carbocycles. The van der Waals surface area contributed by atoms with E-state index in [2.05, 4.69) is 24.2 Å². The lowest BCUT2D eigenvalue weighted by Gasteiger charge is -2.21. The van der Waals surface area contributed by atoms with Crippen LogP contribution in [0.5, 0.6) is 0 Å². The first-order valence-electron chi connectivity index (χ1n) is 6.22. The number of hydrogen-bond acceptors (Lipinski definition) is 2. The first-order valence-corrected chi connectivity index (χ1v) is 6.22. The third-order valence-electron chi connectivity index (χ3n) is 3.67. The van der Waals surface area contributed by atoms with Gasteiger partial charge in [-0.3, -0.25) is 0 Å². The zero-order valence-corrected chi connectivity index (χ0v) is 9.63. The third-order valence-corrected chi connectivity index (χ3v) is 3.67. The van der Waals surface area contributed by atoms with E-state index in [-0.39, 0.29) is 0 Å². The van der Waals surface area contributed by atoms with Crippen molar-refractivity contribution in [2.45, 2.75) is 51.1 Å². The Kier molecular flexibility index (Phi) is 3.45. The minimum atomic E-state index is 0.767. The molecule has 14 heavy (non-hydrogen) atoms. The van der Waals surface area contributed by atoms with Crippen LogP contribution in [0.25, 0.3) is 0 Å². The van der Waals surface area contributed by atoms with Crippen LogP contribution in [0.15, 0.2) is 0 Å². The molecular formula is C12H24N2. The van der Waals surface area contributed by atoms with Crippen molar-refractivity contribution in [1.29, 1.82) is 0 Å². The average Bonchev–Trinajstić information content (AvgIpc) is 2.89. The van der Waals surface area contributed by atoms with Crippen molar-refractivity contribution >= 4 is 0 Å². The van der Waals surface area contributed by atoms with E-state index < -0.39 is 0 Å². The minimum absolute atomic E-state index is 0.767. The molecule has 0 bridgehead atoms. The fourth-order valence-electron chi connectivity index (χ4n) is 2.51. The van der Waals surface area contributed by atoms with Crippen LogP contribution >= 0.6 is 0 Å². The second-order valence-electron chi connectivity index (χ2n) is 5.20. The summed E-state index contributed by atoms with van der Waals surface area (Å²) in [5.74, 6) is 1.06. The van der Waals surface area contributed by atoms with Crippen LogP contribution in [0.3, 0.4) is 0 Å². The molecule has 0 spiro atoms. The molecule has 1 N–H and O–H groups in total. The molecule has 0 radical (unpaired) electrons. The van der Waals surface area contributed by atoms with Gasteiger partial charge in [-0.25, -0.2) is 0 Å². The molecule has 2 fully saturated rings. The van der Waals surface area contributed by atoms with E-state index in [4.69, 9.17) is 0 Å². The molecule has 0 amide bonds. The van der Waals surface area contributed by atoms with Crippen molar-refractivity contribution in [3.8, 4) is 0 Å². The van der Waals surface area contributed by atoms with Crippen LogP contribution in [-0.4, -0.2) is 37.1 Å². The zero-order valence-electron chi connectivity index (χ0n) is 9.63. The molecule has 1 saturated heterocycles. The van der Waals surface area contributed by atoms with Gasteiger partial charge >= 0.3 is 0 Å². The fourth-order valence-corrected chi connectivity index (χ4v) is 2.51. The topological polar surface area (TPSA) is 15.3 Å². The summed E-state index contributed by atoms with van der Waals surface area (Å²) in [5, 5.41) is 3.83. The summed E-state index contributed by atoms with van der Waals surface area (Å²) in [7, 11) is 2.23. The summed E-state index contributed by atoms with van der Waals surface area (Å²) in [6.45, 7) is 4.84. The molecule has 1 saturated carbocycles. The maximum atomic E-state index is 3.83. The molecule has 1 aliphatic carbocycles. The lowest BCUT2D eigenvalue weighted by Crippen LogP contribution is -2.39. The van der Waals surface area contributed by atoms with Gasteiger partial charge in [0.1, 0.15) is 0 Å². The van der Waals surface area contributed by atoms with Crippen molar-refractivity contribution in [3.05, 3.63) is 0 Å². The first kappa shape index (κ1) is 10.4. The van der Waals surface area contributed by atoms with Gasteiger partial charge in [-0.15, -0.1) is 0 Å². The molecule has 0 aromatic heterocycles. The van der Waals surface area contributed by atoms with Gasteiger partial charge in [0.2, 0.25) is 0 Å². The number of rotatable bonds is 5. The van der Waals surface area contributed by atoms with Gasteiger partial charge in [0.15, 0.2) is 0 Å². The van der Waals surface area contributed by atoms with Crippen molar-refractivity contribution in [2.24, 2.45) is 5.92 Å². The highest BCUT2D eigenvalue weighted by atomic mass is 15.2. The highest BCUT2D eigenvalue weighted by molar-refractivity contribution is 4.85. The second kappa shape index (κ2) is 4.63. The number of likely N-dealkylation sites (N-methyl/N-ethyl adjacent to an activating group) is 1. The molecule has 1 aliphatic heterocycles. The largest absolute Gasteiger partial charge is 0.310 e. The Hall–Kier alpha value is -0.0800. The molecule has 2 atom stereocenters. The Morgan fingerprint density at radius 2 is 2.14 bits per heavy atom. The summed E-state index contributed by atoms with van der Waals surface area (Å²) >= 11 is 0. The Labute approximate surface area is 88.1 Å². The maximum absolute atomic E-state index is 3.83. The lowest BCUT2D eigenvalue weighted by atomic mass is 10.1. The third kappa shape index (κ3) is 2.96. The van der Waals surface area contributed by atoms with E-state index in [1.165, 1.54) is 45.2 Å². The zero-order chi connectivity index (χ0) is 9.97. The summed E-state index contributed by atoms with van der Waals surface area (Å²) in [6.07, 6.45) is 7.05. The van der Waals surface area contributed by atoms with Crippen LogP contribution < -0.4 is 5.32 Å². The predicted octanol–water partition coefficient (Wildman–Crippen LogP) is 1.86. The van der Waals surface area contributed by atoms with Gasteiger partial charge in [-0.05, 0) is 38.8 Å². The summed E-state index contributed by atoms with van der Waals surface area (Å²) < 4.78 is 0. The predicted molar refractivity (Wildman–Crippen MR) is 60.5 cm³/mol. The Bertz CT molecular complexity index is 177. The maximum Gasteiger partial charge on any atom is 0.0209 e. The highest BCUT2D eigenvalue weighted by Gasteiger charge is 2.27. The SMILES string of the molecule is CCC(CC1CC1)NC1CCN(C)C1. The average molecular weight is 196 g/mol. The summed E-state index contributed by atoms with van der Waals surface area (Å²) in [4.78, 5) is 2.43. The van der Waals surface area contributed by atoms with Gasteiger partial charge in [-0.2, -0.15) is 0 Å². The monoisotopic (exact) mass is 196 g/mol. The molecule has 0 aromatic rings. The summed E-state index contributed by atoms with van der Waals surface area (Å²) in [6, 6.07) is 1.56. The van der Waals surface area contributed by atoms with E-state index in [1.54, 1.807) is 0 Å². The minimum Gasteiger partial charge on any atom is -0.310 e. The van der Waals surface area contributed by atoms with Crippen molar-refractivity contribution in [2.75, 3.05) is 20.1 Å². The van der Waals surface area contributed by atoms with Gasteiger partial charge in [-0.1, -0.05) is 19.8 Å². The Morgan fingerprint density at radius 3 is 2.64 bits per heavy atom. The molecule has 1 heterocycles. The molecule has 82 valence electrons. The van der Waals surface area contributed by atoms with E-state index in [0.717, 1.165) is 18.0 Å². The number of nitrogens with zero attached hydrogens (tertiary/aromatic N) is 1. The standard InChI is InChI=1S/C12H24N2/c1-3-11(8-10-4-5-10)13-12-6-7-14(2)9-12/h10-13H,3-9H2,1-2H3. The first-order chi connectivity index (χ1) is 6.78. The lowest BCUT2D eigenvalue weighted by molar-refractivity contribution is 0.361. The van der Waals surface area contributed by atoms with E-state index in [0.29, 0.717) is 0 Å². The van der Waals surface area contributed by atoms with Gasteiger partial charge in [0.25, 0.3) is 0 Å². The van der Waals surface area contributed by atoms with Gasteiger partial charge in [0, 0.05) is 18.6 Å². The fraction of sp³-hybridized carbons (Fsp3) is 1.00. The van der Waals surface area contributed by atoms with E-state index in [9.17, 15) is 0 Å². The van der Waals surface area contributed by atoms with Crippen LogP contribution in [0.1, 0.15) is 39.0 Å². The molecule has 2 rings (SSSR count). The molecule has 2 aliphatic rings. The molecule has 2 nitrogen and oxygen atoms in total. The van der Waals surface area contributed by atoms with E-state index >= 15 is 0 Å². The number of likely N-dealkylation sites (tertiary alicyclic amines) is 1. The van der Waals surface area contributed by atoms with Crippen LogP contribution in [0.2, 0.25) is 0 Å². The number of hydrogen-bond donors (Lipinski definition) is 1. The molecule has 2 unspecified atom stereocenters. The van der Waals surface area contributed by atoms with Crippen molar-refractivity contribution in [1.82, 2.24) is 10.2 Å². The quantitative estimate of drug-likeness (QED) is 0.722. The number of nitrogens with one attached hydrogen (secondary N) is 1. The second-order valence-corrected chi connectivity index (χ2v) is 5.20. The molecule has 2 heteroatoms. The van der Waals surface area contributed by atoms with Crippen molar-refractivity contribution in [3.63, 3.8) is 0 Å². The summed E-state index contributed by atoms with van der Waals surface area (Å²) in [5.41, 5.74) is 0.